The Labute approximate surface area is 141 Å². The fourth-order valence-electron chi connectivity index (χ4n) is 2.31. The Morgan fingerprint density at radius 3 is 2.04 bits per heavy atom. The molecule has 5 heteroatoms. The molecule has 126 valence electrons. The molecule has 0 bridgehead atoms. The second-order valence-electron chi connectivity index (χ2n) is 5.16. The van der Waals surface area contributed by atoms with E-state index in [9.17, 15) is 9.90 Å². The number of benzene rings is 2. The van der Waals surface area contributed by atoms with Crippen molar-refractivity contribution in [3.05, 3.63) is 53.1 Å². The number of carbonyl (C=O) groups is 1. The SMILES string of the molecule is COc1ccc(/C=C/C(=O)c2cc(OC)c(O)c(OC)c2)cc1C. The van der Waals surface area contributed by atoms with Crippen LogP contribution in [-0.4, -0.2) is 32.2 Å². The molecule has 0 unspecified atom stereocenters. The van der Waals surface area contributed by atoms with E-state index in [2.05, 4.69) is 0 Å². The molecule has 2 rings (SSSR count). The van der Waals surface area contributed by atoms with Crippen molar-refractivity contribution in [1.82, 2.24) is 0 Å². The lowest BCUT2D eigenvalue weighted by molar-refractivity contribution is 0.104. The van der Waals surface area contributed by atoms with Crippen LogP contribution in [0.15, 0.2) is 36.4 Å². The van der Waals surface area contributed by atoms with Crippen molar-refractivity contribution >= 4 is 11.9 Å². The number of ether oxygens (including phenoxy) is 3. The van der Waals surface area contributed by atoms with E-state index in [1.54, 1.807) is 13.2 Å². The quantitative estimate of drug-likeness (QED) is 0.648. The molecule has 1 N–H and O–H groups in total. The minimum atomic E-state index is -0.222. The number of aryl methyl sites for hydroxylation is 1. The Bertz CT molecular complexity index is 752. The van der Waals surface area contributed by atoms with Crippen molar-refractivity contribution < 1.29 is 24.1 Å². The first-order valence-electron chi connectivity index (χ1n) is 7.32. The van der Waals surface area contributed by atoms with E-state index < -0.39 is 0 Å². The first kappa shape index (κ1) is 17.4. The van der Waals surface area contributed by atoms with E-state index >= 15 is 0 Å². The van der Waals surface area contributed by atoms with Crippen molar-refractivity contribution in [1.29, 1.82) is 0 Å². The minimum absolute atomic E-state index is 0.133. The van der Waals surface area contributed by atoms with Gasteiger partial charge in [0.2, 0.25) is 5.75 Å². The number of hydrogen-bond donors (Lipinski definition) is 1. The van der Waals surface area contributed by atoms with E-state index in [1.165, 1.54) is 32.4 Å². The summed E-state index contributed by atoms with van der Waals surface area (Å²) in [5.74, 6) is 0.815. The van der Waals surface area contributed by atoms with Gasteiger partial charge in [0.1, 0.15) is 5.75 Å². The predicted molar refractivity (Wildman–Crippen MR) is 92.3 cm³/mol. The van der Waals surface area contributed by atoms with Crippen LogP contribution in [0.4, 0.5) is 0 Å². The van der Waals surface area contributed by atoms with E-state index in [1.807, 2.05) is 25.1 Å². The molecule has 0 spiro atoms. The second-order valence-corrected chi connectivity index (χ2v) is 5.16. The fraction of sp³-hybridized carbons (Fsp3) is 0.211. The molecule has 0 aliphatic heterocycles. The molecule has 0 atom stereocenters. The number of ketones is 1. The molecule has 0 fully saturated rings. The Morgan fingerprint density at radius 2 is 1.54 bits per heavy atom. The summed E-state index contributed by atoms with van der Waals surface area (Å²) in [7, 11) is 4.45. The molecule has 0 aliphatic carbocycles. The van der Waals surface area contributed by atoms with Gasteiger partial charge in [-0.25, -0.2) is 0 Å². The van der Waals surface area contributed by atoms with Crippen LogP contribution in [0, 0.1) is 6.92 Å². The van der Waals surface area contributed by atoms with Crippen LogP contribution >= 0.6 is 0 Å². The molecule has 0 saturated heterocycles. The summed E-state index contributed by atoms with van der Waals surface area (Å²) in [6.07, 6.45) is 3.19. The lowest BCUT2D eigenvalue weighted by Crippen LogP contribution is -1.98. The van der Waals surface area contributed by atoms with Crippen LogP contribution in [0.25, 0.3) is 6.08 Å². The first-order chi connectivity index (χ1) is 11.5. The Morgan fingerprint density at radius 1 is 0.958 bits per heavy atom. The Balaban J connectivity index is 2.27. The highest BCUT2D eigenvalue weighted by atomic mass is 16.5. The lowest BCUT2D eigenvalue weighted by Gasteiger charge is -2.09. The fourth-order valence-corrected chi connectivity index (χ4v) is 2.31. The summed E-state index contributed by atoms with van der Waals surface area (Å²) in [6, 6.07) is 8.61. The monoisotopic (exact) mass is 328 g/mol. The minimum Gasteiger partial charge on any atom is -0.502 e. The molecule has 5 nitrogen and oxygen atoms in total. The number of carbonyl (C=O) groups excluding carboxylic acids is 1. The van der Waals surface area contributed by atoms with Gasteiger partial charge >= 0.3 is 0 Å². The zero-order chi connectivity index (χ0) is 17.7. The molecule has 2 aromatic rings. The zero-order valence-corrected chi connectivity index (χ0v) is 14.1. The van der Waals surface area contributed by atoms with Crippen LogP contribution in [-0.2, 0) is 0 Å². The molecule has 0 aromatic heterocycles. The normalized spacial score (nSPS) is 10.7. The van der Waals surface area contributed by atoms with Crippen LogP contribution in [0.5, 0.6) is 23.0 Å². The van der Waals surface area contributed by atoms with Crippen LogP contribution in [0.3, 0.4) is 0 Å². The van der Waals surface area contributed by atoms with Gasteiger partial charge in [0.05, 0.1) is 21.3 Å². The number of rotatable bonds is 6. The summed E-state index contributed by atoms with van der Waals surface area (Å²) in [5, 5.41) is 9.89. The number of phenolic OH excluding ortho intramolecular Hbond substituents is 1. The molecule has 0 radical (unpaired) electrons. The van der Waals surface area contributed by atoms with Gasteiger partial charge in [-0.15, -0.1) is 0 Å². The maximum absolute atomic E-state index is 12.4. The van der Waals surface area contributed by atoms with Gasteiger partial charge in [0.25, 0.3) is 0 Å². The van der Waals surface area contributed by atoms with Gasteiger partial charge in [-0.2, -0.15) is 0 Å². The van der Waals surface area contributed by atoms with Crippen molar-refractivity contribution in [2.75, 3.05) is 21.3 Å². The predicted octanol–water partition coefficient (Wildman–Crippen LogP) is 3.62. The topological polar surface area (TPSA) is 65.0 Å². The largest absolute Gasteiger partial charge is 0.502 e. The van der Waals surface area contributed by atoms with E-state index in [-0.39, 0.29) is 23.0 Å². The highest BCUT2D eigenvalue weighted by Gasteiger charge is 2.14. The summed E-state index contributed by atoms with van der Waals surface area (Å²) in [6.45, 7) is 1.94. The third-order valence-electron chi connectivity index (χ3n) is 3.61. The molecule has 24 heavy (non-hydrogen) atoms. The van der Waals surface area contributed by atoms with Crippen molar-refractivity contribution in [3.8, 4) is 23.0 Å². The smallest absolute Gasteiger partial charge is 0.200 e. The van der Waals surface area contributed by atoms with Crippen LogP contribution in [0.1, 0.15) is 21.5 Å². The van der Waals surface area contributed by atoms with Gasteiger partial charge in [0, 0.05) is 5.56 Å². The number of phenols is 1. The van der Waals surface area contributed by atoms with Crippen molar-refractivity contribution in [2.24, 2.45) is 0 Å². The Kier molecular flexibility index (Phi) is 5.47. The Hall–Kier alpha value is -2.95. The molecular formula is C19H20O5. The summed E-state index contributed by atoms with van der Waals surface area (Å²) < 4.78 is 15.3. The van der Waals surface area contributed by atoms with Gasteiger partial charge < -0.3 is 19.3 Å². The number of aromatic hydroxyl groups is 1. The maximum atomic E-state index is 12.4. The lowest BCUT2D eigenvalue weighted by atomic mass is 10.1. The van der Waals surface area contributed by atoms with Crippen molar-refractivity contribution in [2.45, 2.75) is 6.92 Å². The highest BCUT2D eigenvalue weighted by molar-refractivity contribution is 6.07. The van der Waals surface area contributed by atoms with Gasteiger partial charge in [-0.05, 0) is 48.4 Å². The number of allylic oxidation sites excluding steroid dienone is 1. The maximum Gasteiger partial charge on any atom is 0.200 e. The van der Waals surface area contributed by atoms with E-state index in [4.69, 9.17) is 14.2 Å². The number of methoxy groups -OCH3 is 3. The molecule has 0 heterocycles. The summed E-state index contributed by atoms with van der Waals surface area (Å²) in [5.41, 5.74) is 2.24. The first-order valence-corrected chi connectivity index (χ1v) is 7.32. The second kappa shape index (κ2) is 7.55. The number of hydrogen-bond acceptors (Lipinski definition) is 5. The summed E-state index contributed by atoms with van der Waals surface area (Å²) >= 11 is 0. The third kappa shape index (κ3) is 3.68. The zero-order valence-electron chi connectivity index (χ0n) is 14.1. The molecule has 0 amide bonds. The van der Waals surface area contributed by atoms with Gasteiger partial charge in [0.15, 0.2) is 17.3 Å². The van der Waals surface area contributed by atoms with Gasteiger partial charge in [-0.3, -0.25) is 4.79 Å². The molecule has 0 saturated carbocycles. The highest BCUT2D eigenvalue weighted by Crippen LogP contribution is 2.37. The van der Waals surface area contributed by atoms with Crippen molar-refractivity contribution in [3.63, 3.8) is 0 Å². The van der Waals surface area contributed by atoms with E-state index in [0.717, 1.165) is 16.9 Å². The molecule has 0 aliphatic rings. The van der Waals surface area contributed by atoms with Crippen LogP contribution < -0.4 is 14.2 Å². The molecular weight excluding hydrogens is 308 g/mol. The third-order valence-corrected chi connectivity index (χ3v) is 3.61. The molecule has 2 aromatic carbocycles. The van der Waals surface area contributed by atoms with E-state index in [0.29, 0.717) is 5.56 Å². The average molecular weight is 328 g/mol. The average Bonchev–Trinajstić information content (AvgIpc) is 2.59. The summed E-state index contributed by atoms with van der Waals surface area (Å²) in [4.78, 5) is 12.4. The van der Waals surface area contributed by atoms with Gasteiger partial charge in [-0.1, -0.05) is 12.1 Å². The standard InChI is InChI=1S/C19H20O5/c1-12-9-13(6-8-16(12)22-2)5-7-15(20)14-10-17(23-3)19(21)18(11-14)24-4/h5-11,21H,1-4H3/b7-5+. The van der Waals surface area contributed by atoms with Crippen LogP contribution in [0.2, 0.25) is 0 Å².